The van der Waals surface area contributed by atoms with Crippen molar-refractivity contribution in [2.24, 2.45) is 5.41 Å². The van der Waals surface area contributed by atoms with Crippen molar-refractivity contribution in [2.75, 3.05) is 32.8 Å². The highest BCUT2D eigenvalue weighted by Gasteiger charge is 2.40. The molecule has 0 radical (unpaired) electrons. The summed E-state index contributed by atoms with van der Waals surface area (Å²) >= 11 is 0. The van der Waals surface area contributed by atoms with E-state index in [0.29, 0.717) is 17.7 Å². The molecule has 1 unspecified atom stereocenters. The van der Waals surface area contributed by atoms with Gasteiger partial charge < -0.3 is 15.0 Å². The average Bonchev–Trinajstić information content (AvgIpc) is 2.74. The predicted octanol–water partition coefficient (Wildman–Crippen LogP) is 1.40. The Morgan fingerprint density at radius 1 is 1.39 bits per heavy atom. The number of ether oxygens (including phenoxy) is 1. The number of hydrogen-bond donors (Lipinski definition) is 1. The summed E-state index contributed by atoms with van der Waals surface area (Å²) in [7, 11) is 0. The van der Waals surface area contributed by atoms with Crippen molar-refractivity contribution in [3.8, 4) is 0 Å². The number of nitrogens with zero attached hydrogens (tertiary/aromatic N) is 1. The van der Waals surface area contributed by atoms with Gasteiger partial charge in [0.1, 0.15) is 0 Å². The minimum Gasteiger partial charge on any atom is -0.381 e. The van der Waals surface area contributed by atoms with Crippen LogP contribution in [0.4, 0.5) is 0 Å². The smallest absolute Gasteiger partial charge is 0.224 e. The molecule has 18 heavy (non-hydrogen) atoms. The van der Waals surface area contributed by atoms with E-state index in [-0.39, 0.29) is 6.04 Å². The van der Waals surface area contributed by atoms with Crippen LogP contribution in [-0.2, 0) is 9.53 Å². The van der Waals surface area contributed by atoms with E-state index in [1.165, 1.54) is 0 Å². The number of carbonyl (C=O) groups is 1. The minimum atomic E-state index is 0.286. The fourth-order valence-corrected chi connectivity index (χ4v) is 3.17. The molecule has 2 aliphatic heterocycles. The summed E-state index contributed by atoms with van der Waals surface area (Å²) in [4.78, 5) is 14.3. The molecule has 0 aromatic carbocycles. The zero-order valence-corrected chi connectivity index (χ0v) is 11.7. The third-order valence-corrected chi connectivity index (χ3v) is 4.38. The normalized spacial score (nSPS) is 24.4. The molecule has 104 valence electrons. The topological polar surface area (TPSA) is 41.6 Å². The molecule has 2 heterocycles. The molecule has 1 atom stereocenters. The van der Waals surface area contributed by atoms with Crippen LogP contribution in [0.3, 0.4) is 0 Å². The lowest BCUT2D eigenvalue weighted by atomic mass is 9.80. The molecule has 2 saturated heterocycles. The first-order valence-electron chi connectivity index (χ1n) is 7.24. The highest BCUT2D eigenvalue weighted by molar-refractivity contribution is 5.77. The molecule has 2 aliphatic rings. The van der Waals surface area contributed by atoms with E-state index >= 15 is 0 Å². The third kappa shape index (κ3) is 3.23. The monoisotopic (exact) mass is 254 g/mol. The molecule has 0 aromatic heterocycles. The number of hydrogen-bond acceptors (Lipinski definition) is 3. The van der Waals surface area contributed by atoms with Crippen LogP contribution in [0.2, 0.25) is 0 Å². The van der Waals surface area contributed by atoms with Crippen LogP contribution in [0.5, 0.6) is 0 Å². The zero-order chi connectivity index (χ0) is 13.0. The van der Waals surface area contributed by atoms with Gasteiger partial charge in [0.05, 0.1) is 0 Å². The van der Waals surface area contributed by atoms with Gasteiger partial charge in [-0.1, -0.05) is 6.92 Å². The number of amides is 1. The van der Waals surface area contributed by atoms with Crippen LogP contribution in [0.1, 0.15) is 39.5 Å². The molecule has 0 aliphatic carbocycles. The molecule has 2 fully saturated rings. The van der Waals surface area contributed by atoms with Gasteiger partial charge in [-0.3, -0.25) is 4.79 Å². The Labute approximate surface area is 110 Å². The second-order valence-corrected chi connectivity index (χ2v) is 5.84. The number of carbonyl (C=O) groups excluding carboxylic acids is 1. The van der Waals surface area contributed by atoms with Crippen molar-refractivity contribution >= 4 is 5.91 Å². The highest BCUT2D eigenvalue weighted by Crippen LogP contribution is 2.39. The summed E-state index contributed by atoms with van der Waals surface area (Å²) in [6.07, 6.45) is 4.04. The van der Waals surface area contributed by atoms with Crippen LogP contribution < -0.4 is 5.32 Å². The Morgan fingerprint density at radius 3 is 2.78 bits per heavy atom. The first-order valence-corrected chi connectivity index (χ1v) is 7.24. The highest BCUT2D eigenvalue weighted by atomic mass is 16.5. The minimum absolute atomic E-state index is 0.286. The lowest BCUT2D eigenvalue weighted by Gasteiger charge is -2.33. The first kappa shape index (κ1) is 13.8. The molecule has 1 spiro atoms. The number of likely N-dealkylation sites (tertiary alicyclic amines) is 1. The predicted molar refractivity (Wildman–Crippen MR) is 71.4 cm³/mol. The summed E-state index contributed by atoms with van der Waals surface area (Å²) in [6.45, 7) is 8.72. The van der Waals surface area contributed by atoms with Gasteiger partial charge in [-0.05, 0) is 38.1 Å². The fourth-order valence-electron chi connectivity index (χ4n) is 3.17. The summed E-state index contributed by atoms with van der Waals surface area (Å²) in [5.74, 6) is 0.312. The molecule has 4 nitrogen and oxygen atoms in total. The van der Waals surface area contributed by atoms with Gasteiger partial charge in [-0.15, -0.1) is 0 Å². The quantitative estimate of drug-likeness (QED) is 0.824. The standard InChI is InChI=1S/C14H26N2O2/c1-3-15-12(2)10-13(17)16-7-4-14(11-16)5-8-18-9-6-14/h12,15H,3-11H2,1-2H3. The van der Waals surface area contributed by atoms with Crippen molar-refractivity contribution in [2.45, 2.75) is 45.6 Å². The maximum atomic E-state index is 12.2. The molecule has 2 rings (SSSR count). The van der Waals surface area contributed by atoms with E-state index < -0.39 is 0 Å². The molecular formula is C14H26N2O2. The molecule has 4 heteroatoms. The van der Waals surface area contributed by atoms with E-state index in [0.717, 1.165) is 52.1 Å². The van der Waals surface area contributed by atoms with E-state index in [4.69, 9.17) is 4.74 Å². The van der Waals surface area contributed by atoms with Crippen LogP contribution in [0, 0.1) is 5.41 Å². The van der Waals surface area contributed by atoms with Gasteiger partial charge in [-0.25, -0.2) is 0 Å². The average molecular weight is 254 g/mol. The van der Waals surface area contributed by atoms with Gasteiger partial charge >= 0.3 is 0 Å². The lowest BCUT2D eigenvalue weighted by molar-refractivity contribution is -0.131. The van der Waals surface area contributed by atoms with Crippen LogP contribution in [-0.4, -0.2) is 49.7 Å². The maximum absolute atomic E-state index is 12.2. The second kappa shape index (κ2) is 6.02. The van der Waals surface area contributed by atoms with Crippen molar-refractivity contribution < 1.29 is 9.53 Å². The largest absolute Gasteiger partial charge is 0.381 e. The van der Waals surface area contributed by atoms with Gasteiger partial charge in [0.2, 0.25) is 5.91 Å². The molecular weight excluding hydrogens is 228 g/mol. The SMILES string of the molecule is CCNC(C)CC(=O)N1CCC2(CCOCC2)C1. The Kier molecular flexibility index (Phi) is 4.62. The summed E-state index contributed by atoms with van der Waals surface area (Å²) in [5, 5.41) is 3.30. The molecule has 0 saturated carbocycles. The van der Waals surface area contributed by atoms with E-state index in [2.05, 4.69) is 24.1 Å². The first-order chi connectivity index (χ1) is 8.65. The summed E-state index contributed by atoms with van der Waals surface area (Å²) in [5.41, 5.74) is 0.370. The summed E-state index contributed by atoms with van der Waals surface area (Å²) in [6, 6.07) is 0.286. The Bertz CT molecular complexity index is 288. The Hall–Kier alpha value is -0.610. The fraction of sp³-hybridized carbons (Fsp3) is 0.929. The van der Waals surface area contributed by atoms with Crippen molar-refractivity contribution in [1.82, 2.24) is 10.2 Å². The van der Waals surface area contributed by atoms with E-state index in [1.54, 1.807) is 0 Å². The van der Waals surface area contributed by atoms with Crippen molar-refractivity contribution in [3.63, 3.8) is 0 Å². The second-order valence-electron chi connectivity index (χ2n) is 5.84. The van der Waals surface area contributed by atoms with Gasteiger partial charge in [0.15, 0.2) is 0 Å². The van der Waals surface area contributed by atoms with Gasteiger partial charge in [-0.2, -0.15) is 0 Å². The number of nitrogens with one attached hydrogen (secondary N) is 1. The Morgan fingerprint density at radius 2 is 2.11 bits per heavy atom. The molecule has 0 bridgehead atoms. The van der Waals surface area contributed by atoms with Gasteiger partial charge in [0.25, 0.3) is 0 Å². The summed E-state index contributed by atoms with van der Waals surface area (Å²) < 4.78 is 5.43. The van der Waals surface area contributed by atoms with E-state index in [9.17, 15) is 4.79 Å². The lowest BCUT2D eigenvalue weighted by Crippen LogP contribution is -2.38. The van der Waals surface area contributed by atoms with Gasteiger partial charge in [0, 0.05) is 38.8 Å². The van der Waals surface area contributed by atoms with Crippen LogP contribution in [0.25, 0.3) is 0 Å². The Balaban J connectivity index is 1.82. The van der Waals surface area contributed by atoms with E-state index in [1.807, 2.05) is 0 Å². The molecule has 0 aromatic rings. The molecule has 1 N–H and O–H groups in total. The zero-order valence-electron chi connectivity index (χ0n) is 11.7. The van der Waals surface area contributed by atoms with Crippen LogP contribution >= 0.6 is 0 Å². The van der Waals surface area contributed by atoms with Crippen molar-refractivity contribution in [3.05, 3.63) is 0 Å². The maximum Gasteiger partial charge on any atom is 0.224 e. The van der Waals surface area contributed by atoms with Crippen LogP contribution in [0.15, 0.2) is 0 Å². The number of rotatable bonds is 4. The van der Waals surface area contributed by atoms with Crippen molar-refractivity contribution in [1.29, 1.82) is 0 Å². The third-order valence-electron chi connectivity index (χ3n) is 4.38. The molecule has 1 amide bonds.